The lowest BCUT2D eigenvalue weighted by Gasteiger charge is -2.26. The second-order valence-electron chi connectivity index (χ2n) is 8.06. The summed E-state index contributed by atoms with van der Waals surface area (Å²) in [7, 11) is 0. The van der Waals surface area contributed by atoms with Gasteiger partial charge in [-0.25, -0.2) is 4.98 Å². The van der Waals surface area contributed by atoms with Crippen LogP contribution in [0.1, 0.15) is 30.0 Å². The Morgan fingerprint density at radius 1 is 1.15 bits per heavy atom. The van der Waals surface area contributed by atoms with Crippen LogP contribution in [0, 0.1) is 0 Å². The highest BCUT2D eigenvalue weighted by atomic mass is 32.1. The van der Waals surface area contributed by atoms with Crippen molar-refractivity contribution < 1.29 is 13.9 Å². The summed E-state index contributed by atoms with van der Waals surface area (Å²) >= 11 is 1.36. The van der Waals surface area contributed by atoms with Gasteiger partial charge in [-0.1, -0.05) is 30.3 Å². The van der Waals surface area contributed by atoms with Crippen LogP contribution >= 0.6 is 11.5 Å². The minimum absolute atomic E-state index is 0.0513. The first-order valence-electron chi connectivity index (χ1n) is 11.5. The summed E-state index contributed by atoms with van der Waals surface area (Å²) in [6.07, 6.45) is 3.69. The third kappa shape index (κ3) is 7.66. The average molecular weight is 470 g/mol. The zero-order valence-corrected chi connectivity index (χ0v) is 19.6. The number of nitrogens with zero attached hydrogens (tertiary/aromatic N) is 4. The molecule has 1 N–H and O–H groups in total. The van der Waals surface area contributed by atoms with Gasteiger partial charge in [-0.05, 0) is 30.7 Å². The highest BCUT2D eigenvalue weighted by Gasteiger charge is 2.16. The lowest BCUT2D eigenvalue weighted by Crippen LogP contribution is -2.38. The minimum atomic E-state index is 0.0513. The zero-order chi connectivity index (χ0) is 22.7. The number of carbonyl (C=O) groups is 1. The van der Waals surface area contributed by atoms with Gasteiger partial charge in [0.05, 0.1) is 26.0 Å². The molecule has 1 aliphatic rings. The molecular formula is C24H31N5O3S. The Kier molecular flexibility index (Phi) is 8.85. The van der Waals surface area contributed by atoms with E-state index in [0.29, 0.717) is 32.5 Å². The molecule has 8 nitrogen and oxygen atoms in total. The molecule has 9 heteroatoms. The van der Waals surface area contributed by atoms with E-state index in [1.807, 2.05) is 30.3 Å². The van der Waals surface area contributed by atoms with Crippen molar-refractivity contribution in [2.75, 3.05) is 50.8 Å². The topological polar surface area (TPSA) is 83.7 Å². The van der Waals surface area contributed by atoms with Crippen molar-refractivity contribution in [1.29, 1.82) is 0 Å². The van der Waals surface area contributed by atoms with Gasteiger partial charge in [-0.2, -0.15) is 4.37 Å². The second kappa shape index (κ2) is 12.5. The summed E-state index contributed by atoms with van der Waals surface area (Å²) in [6, 6.07) is 14.0. The Morgan fingerprint density at radius 2 is 2.00 bits per heavy atom. The summed E-state index contributed by atoms with van der Waals surface area (Å²) < 4.78 is 15.4. The van der Waals surface area contributed by atoms with E-state index in [1.54, 1.807) is 6.26 Å². The molecule has 1 amide bonds. The zero-order valence-electron chi connectivity index (χ0n) is 18.8. The van der Waals surface area contributed by atoms with Gasteiger partial charge in [0.1, 0.15) is 11.6 Å². The standard InChI is InChI=1S/C24H31N5O3S/c30-23(25-10-5-11-28-13-16-31-17-14-28)9-12-29(19-21-8-4-15-32-21)24-26-22(27-33-24)18-20-6-2-1-3-7-20/h1-4,6-8,15H,5,9-14,16-19H2,(H,25,30). The molecule has 0 aliphatic carbocycles. The summed E-state index contributed by atoms with van der Waals surface area (Å²) in [5.74, 6) is 1.68. The van der Waals surface area contributed by atoms with Crippen LogP contribution in [0.25, 0.3) is 0 Å². The van der Waals surface area contributed by atoms with Crippen molar-refractivity contribution in [3.8, 4) is 0 Å². The molecule has 3 heterocycles. The smallest absolute Gasteiger partial charge is 0.221 e. The van der Waals surface area contributed by atoms with Gasteiger partial charge in [-0.15, -0.1) is 0 Å². The number of hydrogen-bond donors (Lipinski definition) is 1. The van der Waals surface area contributed by atoms with E-state index in [-0.39, 0.29) is 5.91 Å². The molecule has 0 bridgehead atoms. The van der Waals surface area contributed by atoms with E-state index in [1.165, 1.54) is 17.1 Å². The summed E-state index contributed by atoms with van der Waals surface area (Å²) in [5, 5.41) is 3.85. The molecule has 33 heavy (non-hydrogen) atoms. The lowest BCUT2D eigenvalue weighted by molar-refractivity contribution is -0.120. The van der Waals surface area contributed by atoms with Gasteiger partial charge in [0.2, 0.25) is 11.0 Å². The average Bonchev–Trinajstić information content (AvgIpc) is 3.53. The van der Waals surface area contributed by atoms with Gasteiger partial charge in [0, 0.05) is 50.6 Å². The number of anilines is 1. The van der Waals surface area contributed by atoms with Crippen LogP contribution in [0.3, 0.4) is 0 Å². The second-order valence-corrected chi connectivity index (χ2v) is 8.79. The Bertz CT molecular complexity index is 958. The number of aromatic nitrogens is 2. The summed E-state index contributed by atoms with van der Waals surface area (Å²) in [5.41, 5.74) is 1.18. The van der Waals surface area contributed by atoms with Crippen LogP contribution in [-0.2, 0) is 22.5 Å². The normalized spacial score (nSPS) is 14.3. The predicted octanol–water partition coefficient (Wildman–Crippen LogP) is 2.96. The van der Waals surface area contributed by atoms with Crippen molar-refractivity contribution >= 4 is 22.6 Å². The number of hydrogen-bond acceptors (Lipinski definition) is 8. The first-order valence-corrected chi connectivity index (χ1v) is 12.2. The predicted molar refractivity (Wildman–Crippen MR) is 128 cm³/mol. The maximum Gasteiger partial charge on any atom is 0.221 e. The van der Waals surface area contributed by atoms with Crippen molar-refractivity contribution in [1.82, 2.24) is 19.6 Å². The first-order chi connectivity index (χ1) is 16.3. The van der Waals surface area contributed by atoms with Crippen LogP contribution < -0.4 is 10.2 Å². The SMILES string of the molecule is O=C(CCN(Cc1ccco1)c1nc(Cc2ccccc2)ns1)NCCCN1CCOCC1. The maximum atomic E-state index is 12.5. The number of nitrogens with one attached hydrogen (secondary N) is 1. The maximum absolute atomic E-state index is 12.5. The van der Waals surface area contributed by atoms with Gasteiger partial charge in [0.25, 0.3) is 0 Å². The van der Waals surface area contributed by atoms with Crippen molar-refractivity contribution in [2.45, 2.75) is 25.8 Å². The largest absolute Gasteiger partial charge is 0.467 e. The fourth-order valence-corrected chi connectivity index (χ4v) is 4.45. The monoisotopic (exact) mass is 469 g/mol. The minimum Gasteiger partial charge on any atom is -0.467 e. The highest BCUT2D eigenvalue weighted by molar-refractivity contribution is 7.09. The lowest BCUT2D eigenvalue weighted by atomic mass is 10.1. The number of amides is 1. The molecule has 176 valence electrons. The third-order valence-corrected chi connectivity index (χ3v) is 6.36. The molecule has 3 aromatic rings. The van der Waals surface area contributed by atoms with Gasteiger partial charge >= 0.3 is 0 Å². The van der Waals surface area contributed by atoms with E-state index in [2.05, 4.69) is 31.6 Å². The number of morpholine rings is 1. The molecule has 0 atom stereocenters. The van der Waals surface area contributed by atoms with Crippen LogP contribution in [-0.4, -0.2) is 66.1 Å². The number of ether oxygens (including phenoxy) is 1. The molecule has 1 aliphatic heterocycles. The molecule has 0 unspecified atom stereocenters. The molecule has 0 spiro atoms. The van der Waals surface area contributed by atoms with Gasteiger partial charge in [0.15, 0.2) is 0 Å². The number of carbonyl (C=O) groups excluding carboxylic acids is 1. The number of rotatable bonds is 12. The van der Waals surface area contributed by atoms with E-state index in [0.717, 1.165) is 56.0 Å². The van der Waals surface area contributed by atoms with Crippen molar-refractivity contribution in [3.63, 3.8) is 0 Å². The van der Waals surface area contributed by atoms with Crippen LogP contribution in [0.4, 0.5) is 5.13 Å². The summed E-state index contributed by atoms with van der Waals surface area (Å²) in [6.45, 7) is 6.34. The van der Waals surface area contributed by atoms with E-state index in [9.17, 15) is 4.79 Å². The van der Waals surface area contributed by atoms with Crippen molar-refractivity contribution in [2.24, 2.45) is 0 Å². The van der Waals surface area contributed by atoms with E-state index >= 15 is 0 Å². The van der Waals surface area contributed by atoms with Crippen LogP contribution in [0.2, 0.25) is 0 Å². The van der Waals surface area contributed by atoms with Crippen LogP contribution in [0.15, 0.2) is 53.1 Å². The Morgan fingerprint density at radius 3 is 2.79 bits per heavy atom. The Labute approximate surface area is 198 Å². The van der Waals surface area contributed by atoms with E-state index < -0.39 is 0 Å². The molecule has 0 saturated carbocycles. The summed E-state index contributed by atoms with van der Waals surface area (Å²) in [4.78, 5) is 21.6. The molecule has 1 aromatic carbocycles. The molecule has 1 saturated heterocycles. The highest BCUT2D eigenvalue weighted by Crippen LogP contribution is 2.22. The number of furan rings is 1. The fraction of sp³-hybridized carbons (Fsp3) is 0.458. The molecule has 2 aromatic heterocycles. The molecule has 4 rings (SSSR count). The molecular weight excluding hydrogens is 438 g/mol. The Hall–Kier alpha value is -2.75. The van der Waals surface area contributed by atoms with Gasteiger partial charge < -0.3 is 19.4 Å². The Balaban J connectivity index is 1.27. The molecule has 0 radical (unpaired) electrons. The van der Waals surface area contributed by atoms with Crippen molar-refractivity contribution in [3.05, 3.63) is 65.9 Å². The quantitative estimate of drug-likeness (QED) is 0.408. The van der Waals surface area contributed by atoms with Gasteiger partial charge in [-0.3, -0.25) is 9.69 Å². The van der Waals surface area contributed by atoms with E-state index in [4.69, 9.17) is 14.1 Å². The van der Waals surface area contributed by atoms with Crippen LogP contribution in [0.5, 0.6) is 0 Å². The third-order valence-electron chi connectivity index (χ3n) is 5.55. The molecule has 1 fully saturated rings. The first kappa shape index (κ1) is 23.4. The number of benzene rings is 1. The fourth-order valence-electron chi connectivity index (χ4n) is 3.74.